The molecule has 1 amide bonds. The first-order valence-electron chi connectivity index (χ1n) is 7.20. The molecule has 1 heterocycles. The van der Waals surface area contributed by atoms with Gasteiger partial charge in [0.25, 0.3) is 5.91 Å². The van der Waals surface area contributed by atoms with E-state index < -0.39 is 0 Å². The van der Waals surface area contributed by atoms with E-state index in [1.54, 1.807) is 18.3 Å². The lowest BCUT2D eigenvalue weighted by Crippen LogP contribution is -2.12. The second-order valence-electron chi connectivity index (χ2n) is 4.86. The molecule has 1 N–H and O–H groups in total. The number of carbonyl (C=O) groups is 1. The minimum absolute atomic E-state index is 0.202. The Morgan fingerprint density at radius 1 is 0.870 bits per heavy atom. The maximum atomic E-state index is 12.2. The quantitative estimate of drug-likeness (QED) is 0.732. The van der Waals surface area contributed by atoms with Gasteiger partial charge in [0.15, 0.2) is 0 Å². The van der Waals surface area contributed by atoms with Gasteiger partial charge in [0.05, 0.1) is 11.3 Å². The van der Waals surface area contributed by atoms with E-state index in [-0.39, 0.29) is 5.91 Å². The van der Waals surface area contributed by atoms with E-state index in [4.69, 9.17) is 0 Å². The van der Waals surface area contributed by atoms with Gasteiger partial charge in [-0.05, 0) is 36.4 Å². The van der Waals surface area contributed by atoms with E-state index in [2.05, 4.69) is 22.1 Å². The van der Waals surface area contributed by atoms with Crippen LogP contribution in [0.2, 0.25) is 0 Å². The van der Waals surface area contributed by atoms with Crippen LogP contribution in [0.5, 0.6) is 0 Å². The number of anilines is 1. The van der Waals surface area contributed by atoms with E-state index >= 15 is 0 Å². The van der Waals surface area contributed by atoms with Gasteiger partial charge in [-0.3, -0.25) is 9.78 Å². The Kier molecular flexibility index (Phi) is 4.47. The van der Waals surface area contributed by atoms with Gasteiger partial charge in [0, 0.05) is 23.5 Å². The lowest BCUT2D eigenvalue weighted by Gasteiger charge is -2.07. The smallest absolute Gasteiger partial charge is 0.257 e. The number of para-hydroxylation sites is 1. The Balaban J connectivity index is 1.84. The fraction of sp³-hybridized carbons (Fsp3) is 0. The first-order valence-corrected chi connectivity index (χ1v) is 7.20. The predicted molar refractivity (Wildman–Crippen MR) is 91.1 cm³/mol. The number of hydrogen-bond acceptors (Lipinski definition) is 2. The maximum absolute atomic E-state index is 12.2. The molecule has 3 aromatic rings. The summed E-state index contributed by atoms with van der Waals surface area (Å²) in [6.45, 7) is 0. The number of nitrogens with one attached hydrogen (secondary N) is 1. The minimum atomic E-state index is -0.202. The third kappa shape index (κ3) is 3.84. The van der Waals surface area contributed by atoms with Gasteiger partial charge in [0.2, 0.25) is 0 Å². The van der Waals surface area contributed by atoms with E-state index in [1.165, 1.54) is 6.20 Å². The van der Waals surface area contributed by atoms with Crippen molar-refractivity contribution < 1.29 is 4.79 Å². The first kappa shape index (κ1) is 14.6. The number of aromatic nitrogens is 1. The van der Waals surface area contributed by atoms with Crippen LogP contribution >= 0.6 is 0 Å². The zero-order valence-electron chi connectivity index (χ0n) is 12.4. The molecule has 110 valence electrons. The van der Waals surface area contributed by atoms with Gasteiger partial charge >= 0.3 is 0 Å². The van der Waals surface area contributed by atoms with Gasteiger partial charge in [-0.1, -0.05) is 42.2 Å². The van der Waals surface area contributed by atoms with Crippen LogP contribution in [0.15, 0.2) is 79.1 Å². The van der Waals surface area contributed by atoms with Gasteiger partial charge in [-0.2, -0.15) is 0 Å². The molecule has 0 bridgehead atoms. The molecule has 23 heavy (non-hydrogen) atoms. The molecule has 0 saturated heterocycles. The highest BCUT2D eigenvalue weighted by atomic mass is 16.1. The van der Waals surface area contributed by atoms with Crippen molar-refractivity contribution in [2.24, 2.45) is 0 Å². The Bertz CT molecular complexity index is 862. The van der Waals surface area contributed by atoms with E-state index in [9.17, 15) is 4.79 Å². The molecule has 3 nitrogen and oxygen atoms in total. The third-order valence-corrected chi connectivity index (χ3v) is 3.21. The monoisotopic (exact) mass is 298 g/mol. The summed E-state index contributed by atoms with van der Waals surface area (Å²) in [5.74, 6) is 6.00. The summed E-state index contributed by atoms with van der Waals surface area (Å²) in [5, 5.41) is 2.88. The van der Waals surface area contributed by atoms with Crippen molar-refractivity contribution in [3.63, 3.8) is 0 Å². The van der Waals surface area contributed by atoms with Crippen LogP contribution < -0.4 is 5.32 Å². The summed E-state index contributed by atoms with van der Waals surface area (Å²) in [5.41, 5.74) is 2.90. The summed E-state index contributed by atoms with van der Waals surface area (Å²) < 4.78 is 0. The third-order valence-electron chi connectivity index (χ3n) is 3.21. The van der Waals surface area contributed by atoms with E-state index in [0.717, 1.165) is 11.1 Å². The molecule has 0 aliphatic heterocycles. The van der Waals surface area contributed by atoms with Crippen LogP contribution in [0.3, 0.4) is 0 Å². The number of pyridine rings is 1. The number of benzene rings is 2. The fourth-order valence-electron chi connectivity index (χ4n) is 2.05. The molecule has 0 atom stereocenters. The van der Waals surface area contributed by atoms with Gasteiger partial charge in [0.1, 0.15) is 0 Å². The standard InChI is InChI=1S/C20H14N2O/c23-20(18-10-6-14-21-15-18)22-19-11-5-4-9-17(19)13-12-16-7-2-1-3-8-16/h1-11,14-15H,(H,22,23). The van der Waals surface area contributed by atoms with Crippen molar-refractivity contribution in [3.05, 3.63) is 95.8 Å². The zero-order chi connectivity index (χ0) is 15.9. The van der Waals surface area contributed by atoms with Gasteiger partial charge < -0.3 is 5.32 Å². The minimum Gasteiger partial charge on any atom is -0.321 e. The van der Waals surface area contributed by atoms with Crippen LogP contribution in [0.1, 0.15) is 21.5 Å². The molecule has 2 aromatic carbocycles. The van der Waals surface area contributed by atoms with Crippen LogP contribution in [0, 0.1) is 11.8 Å². The van der Waals surface area contributed by atoms with Crippen molar-refractivity contribution in [3.8, 4) is 11.8 Å². The molecule has 3 rings (SSSR count). The Hall–Kier alpha value is -3.38. The summed E-state index contributed by atoms with van der Waals surface area (Å²) in [4.78, 5) is 16.2. The molecule has 0 saturated carbocycles. The zero-order valence-corrected chi connectivity index (χ0v) is 12.4. The van der Waals surface area contributed by atoms with Crippen LogP contribution in [-0.2, 0) is 0 Å². The second kappa shape index (κ2) is 7.06. The number of nitrogens with zero attached hydrogens (tertiary/aromatic N) is 1. The molecule has 1 aromatic heterocycles. The highest BCUT2D eigenvalue weighted by Gasteiger charge is 2.07. The lowest BCUT2D eigenvalue weighted by molar-refractivity contribution is 0.102. The van der Waals surface area contributed by atoms with Crippen molar-refractivity contribution in [2.75, 3.05) is 5.32 Å². The van der Waals surface area contributed by atoms with Crippen molar-refractivity contribution in [1.29, 1.82) is 0 Å². The molecule has 3 heteroatoms. The molecule has 0 spiro atoms. The SMILES string of the molecule is O=C(Nc1ccccc1C#Cc1ccccc1)c1cccnc1. The molecule has 0 aliphatic rings. The normalized spacial score (nSPS) is 9.57. The van der Waals surface area contributed by atoms with Crippen LogP contribution in [-0.4, -0.2) is 10.9 Å². The van der Waals surface area contributed by atoms with Crippen LogP contribution in [0.25, 0.3) is 0 Å². The molecule has 0 radical (unpaired) electrons. The van der Waals surface area contributed by atoms with E-state index in [1.807, 2.05) is 54.6 Å². The Morgan fingerprint density at radius 3 is 2.43 bits per heavy atom. The van der Waals surface area contributed by atoms with Crippen molar-refractivity contribution >= 4 is 11.6 Å². The molecule has 0 fully saturated rings. The summed E-state index contributed by atoms with van der Waals surface area (Å²) in [6, 6.07) is 20.7. The summed E-state index contributed by atoms with van der Waals surface area (Å²) >= 11 is 0. The number of carbonyl (C=O) groups excluding carboxylic acids is 1. The Morgan fingerprint density at radius 2 is 1.65 bits per heavy atom. The fourth-order valence-corrected chi connectivity index (χ4v) is 2.05. The summed E-state index contributed by atoms with van der Waals surface area (Å²) in [7, 11) is 0. The largest absolute Gasteiger partial charge is 0.321 e. The molecule has 0 aliphatic carbocycles. The summed E-state index contributed by atoms with van der Waals surface area (Å²) in [6.07, 6.45) is 3.17. The molecular weight excluding hydrogens is 284 g/mol. The lowest BCUT2D eigenvalue weighted by atomic mass is 10.1. The van der Waals surface area contributed by atoms with E-state index in [0.29, 0.717) is 11.3 Å². The van der Waals surface area contributed by atoms with Crippen LogP contribution in [0.4, 0.5) is 5.69 Å². The average Bonchev–Trinajstić information content (AvgIpc) is 2.62. The topological polar surface area (TPSA) is 42.0 Å². The highest BCUT2D eigenvalue weighted by molar-refractivity contribution is 6.04. The van der Waals surface area contributed by atoms with Gasteiger partial charge in [-0.25, -0.2) is 0 Å². The number of rotatable bonds is 2. The van der Waals surface area contributed by atoms with Crippen molar-refractivity contribution in [2.45, 2.75) is 0 Å². The first-order chi connectivity index (χ1) is 11.3. The number of amides is 1. The van der Waals surface area contributed by atoms with Gasteiger partial charge in [-0.15, -0.1) is 0 Å². The predicted octanol–water partition coefficient (Wildman–Crippen LogP) is 3.73. The molecular formula is C20H14N2O. The Labute approximate surface area is 135 Å². The average molecular weight is 298 g/mol. The number of hydrogen-bond donors (Lipinski definition) is 1. The highest BCUT2D eigenvalue weighted by Crippen LogP contribution is 2.15. The van der Waals surface area contributed by atoms with Crippen molar-refractivity contribution in [1.82, 2.24) is 4.98 Å². The maximum Gasteiger partial charge on any atom is 0.257 e. The molecule has 0 unspecified atom stereocenters. The second-order valence-corrected chi connectivity index (χ2v) is 4.86.